The van der Waals surface area contributed by atoms with Gasteiger partial charge in [0.2, 0.25) is 0 Å². The van der Waals surface area contributed by atoms with Gasteiger partial charge in [0.25, 0.3) is 0 Å². The lowest BCUT2D eigenvalue weighted by Gasteiger charge is -2.08. The van der Waals surface area contributed by atoms with Gasteiger partial charge in [-0.1, -0.05) is 12.1 Å². The molecule has 2 aromatic heterocycles. The molecule has 0 aliphatic rings. The minimum atomic E-state index is -1.00. The number of anilines is 1. The average molecular weight is 390 g/mol. The van der Waals surface area contributed by atoms with Crippen LogP contribution in [0.3, 0.4) is 0 Å². The van der Waals surface area contributed by atoms with E-state index < -0.39 is 5.97 Å². The number of ether oxygens (including phenoxy) is 1. The van der Waals surface area contributed by atoms with Crippen LogP contribution in [-0.2, 0) is 11.3 Å². The second-order valence-corrected chi connectivity index (χ2v) is 6.15. The van der Waals surface area contributed by atoms with E-state index in [4.69, 9.17) is 14.3 Å². The second-order valence-electron chi connectivity index (χ2n) is 6.15. The summed E-state index contributed by atoms with van der Waals surface area (Å²) < 4.78 is 10.8. The zero-order valence-corrected chi connectivity index (χ0v) is 15.8. The molecule has 8 heteroatoms. The van der Waals surface area contributed by atoms with Crippen LogP contribution in [0.25, 0.3) is 11.3 Å². The normalized spacial score (nSPS) is 10.8. The summed E-state index contributed by atoms with van der Waals surface area (Å²) >= 11 is 0. The van der Waals surface area contributed by atoms with Crippen molar-refractivity contribution in [3.8, 4) is 17.4 Å². The molecule has 0 fully saturated rings. The Morgan fingerprint density at radius 1 is 1.38 bits per heavy atom. The number of hydrogen-bond donors (Lipinski definition) is 2. The predicted octanol–water partition coefficient (Wildman–Crippen LogP) is 3.81. The molecular weight excluding hydrogens is 372 g/mol. The number of nitrogens with zero attached hydrogens (tertiary/aromatic N) is 3. The van der Waals surface area contributed by atoms with Crippen LogP contribution in [0.2, 0.25) is 0 Å². The molecule has 0 saturated heterocycles. The number of methoxy groups -OCH3 is 1. The van der Waals surface area contributed by atoms with E-state index in [1.165, 1.54) is 18.3 Å². The highest BCUT2D eigenvalue weighted by Gasteiger charge is 2.11. The minimum Gasteiger partial charge on any atom is -0.478 e. The summed E-state index contributed by atoms with van der Waals surface area (Å²) in [4.78, 5) is 15.4. The maximum Gasteiger partial charge on any atom is 0.335 e. The Hall–Kier alpha value is -3.96. The van der Waals surface area contributed by atoms with Gasteiger partial charge in [-0.15, -0.1) is 0 Å². The standard InChI is InChI=1S/C21H18N4O4/c1-13-8-16(12-28-2)18(10-22)20(24-13)25-23-11-17-6-7-19(29-17)14-4-3-5-15(9-14)21(26)27/h3-9,11H,12H2,1-2H3,(H,24,25)(H,26,27)/b23-11+. The summed E-state index contributed by atoms with van der Waals surface area (Å²) in [7, 11) is 1.56. The highest BCUT2D eigenvalue weighted by atomic mass is 16.5. The van der Waals surface area contributed by atoms with Gasteiger partial charge in [-0.05, 0) is 37.3 Å². The fourth-order valence-electron chi connectivity index (χ4n) is 2.76. The number of hydrazone groups is 1. The second kappa shape index (κ2) is 8.82. The van der Waals surface area contributed by atoms with Crippen molar-refractivity contribution >= 4 is 18.0 Å². The van der Waals surface area contributed by atoms with E-state index in [1.807, 2.05) is 6.92 Å². The van der Waals surface area contributed by atoms with Crippen LogP contribution in [0, 0.1) is 18.3 Å². The molecule has 0 aliphatic heterocycles. The van der Waals surface area contributed by atoms with Gasteiger partial charge < -0.3 is 14.3 Å². The van der Waals surface area contributed by atoms with Crippen molar-refractivity contribution in [2.45, 2.75) is 13.5 Å². The number of nitrogens with one attached hydrogen (secondary N) is 1. The molecule has 2 heterocycles. The number of rotatable bonds is 7. The van der Waals surface area contributed by atoms with Gasteiger partial charge in [0.15, 0.2) is 5.82 Å². The number of aromatic carboxylic acids is 1. The topological polar surface area (TPSA) is 121 Å². The number of pyridine rings is 1. The van der Waals surface area contributed by atoms with Crippen molar-refractivity contribution in [2.75, 3.05) is 12.5 Å². The molecule has 3 aromatic rings. The van der Waals surface area contributed by atoms with Crippen LogP contribution < -0.4 is 5.43 Å². The molecule has 3 rings (SSSR count). The molecule has 1 aromatic carbocycles. The van der Waals surface area contributed by atoms with Gasteiger partial charge in [0.05, 0.1) is 18.4 Å². The van der Waals surface area contributed by atoms with E-state index in [9.17, 15) is 10.1 Å². The fraction of sp³-hybridized carbons (Fsp3) is 0.143. The number of carboxylic acids is 1. The van der Waals surface area contributed by atoms with E-state index in [2.05, 4.69) is 21.6 Å². The lowest BCUT2D eigenvalue weighted by atomic mass is 10.1. The lowest BCUT2D eigenvalue weighted by molar-refractivity contribution is 0.0697. The maximum absolute atomic E-state index is 11.1. The Bertz CT molecular complexity index is 1110. The van der Waals surface area contributed by atoms with Crippen molar-refractivity contribution in [1.82, 2.24) is 4.98 Å². The summed E-state index contributed by atoms with van der Waals surface area (Å²) in [6.07, 6.45) is 1.45. The van der Waals surface area contributed by atoms with Crippen molar-refractivity contribution in [1.29, 1.82) is 5.26 Å². The number of nitriles is 1. The summed E-state index contributed by atoms with van der Waals surface area (Å²) in [5.74, 6) is 0.299. The largest absolute Gasteiger partial charge is 0.478 e. The zero-order valence-electron chi connectivity index (χ0n) is 15.8. The van der Waals surface area contributed by atoms with Crippen LogP contribution in [-0.4, -0.2) is 29.4 Å². The summed E-state index contributed by atoms with van der Waals surface area (Å²) in [6.45, 7) is 2.11. The van der Waals surface area contributed by atoms with Gasteiger partial charge in [0, 0.05) is 23.9 Å². The van der Waals surface area contributed by atoms with Gasteiger partial charge in [-0.2, -0.15) is 10.4 Å². The SMILES string of the molecule is COCc1cc(C)nc(N/N=C/c2ccc(-c3cccc(C(=O)O)c3)o2)c1C#N. The molecule has 0 amide bonds. The Kier molecular flexibility index (Phi) is 6.02. The fourth-order valence-corrected chi connectivity index (χ4v) is 2.76. The molecule has 0 bridgehead atoms. The Morgan fingerprint density at radius 2 is 2.21 bits per heavy atom. The van der Waals surface area contributed by atoms with E-state index in [0.29, 0.717) is 35.1 Å². The van der Waals surface area contributed by atoms with Crippen LogP contribution >= 0.6 is 0 Å². The Labute approximate surface area is 167 Å². The predicted molar refractivity (Wildman–Crippen MR) is 107 cm³/mol. The first kappa shape index (κ1) is 19.8. The number of furan rings is 1. The maximum atomic E-state index is 11.1. The first-order chi connectivity index (χ1) is 14.0. The Morgan fingerprint density at radius 3 is 2.93 bits per heavy atom. The number of carbonyl (C=O) groups is 1. The molecule has 8 nitrogen and oxygen atoms in total. The monoisotopic (exact) mass is 390 g/mol. The molecule has 0 aliphatic carbocycles. The highest BCUT2D eigenvalue weighted by molar-refractivity contribution is 5.89. The molecule has 146 valence electrons. The van der Waals surface area contributed by atoms with Crippen LogP contribution in [0.4, 0.5) is 5.82 Å². The van der Waals surface area contributed by atoms with Gasteiger partial charge in [0.1, 0.15) is 23.2 Å². The van der Waals surface area contributed by atoms with Gasteiger partial charge in [-0.3, -0.25) is 5.43 Å². The third kappa shape index (κ3) is 4.66. The van der Waals surface area contributed by atoms with Gasteiger partial charge >= 0.3 is 5.97 Å². The van der Waals surface area contributed by atoms with Crippen molar-refractivity contribution in [2.24, 2.45) is 5.10 Å². The molecule has 0 radical (unpaired) electrons. The van der Waals surface area contributed by atoms with E-state index >= 15 is 0 Å². The molecule has 2 N–H and O–H groups in total. The molecule has 0 saturated carbocycles. The average Bonchev–Trinajstić information content (AvgIpc) is 3.17. The van der Waals surface area contributed by atoms with Gasteiger partial charge in [-0.25, -0.2) is 9.78 Å². The number of aryl methyl sites for hydroxylation is 1. The van der Waals surface area contributed by atoms with Crippen LogP contribution in [0.1, 0.15) is 32.9 Å². The molecule has 0 unspecified atom stereocenters. The Balaban J connectivity index is 1.78. The number of benzene rings is 1. The minimum absolute atomic E-state index is 0.178. The van der Waals surface area contributed by atoms with Crippen molar-refractivity contribution < 1.29 is 19.1 Å². The molecular formula is C21H18N4O4. The smallest absolute Gasteiger partial charge is 0.335 e. The van der Waals surface area contributed by atoms with E-state index in [-0.39, 0.29) is 5.56 Å². The third-order valence-corrected chi connectivity index (χ3v) is 4.02. The van der Waals surface area contributed by atoms with Crippen LogP contribution in [0.15, 0.2) is 52.0 Å². The van der Waals surface area contributed by atoms with E-state index in [1.54, 1.807) is 37.4 Å². The lowest BCUT2D eigenvalue weighted by Crippen LogP contribution is -2.03. The molecule has 0 atom stereocenters. The molecule has 29 heavy (non-hydrogen) atoms. The molecule has 0 spiro atoms. The summed E-state index contributed by atoms with van der Waals surface area (Å²) in [5.41, 5.74) is 5.40. The van der Waals surface area contributed by atoms with Crippen molar-refractivity contribution in [3.05, 3.63) is 70.6 Å². The first-order valence-electron chi connectivity index (χ1n) is 8.64. The summed E-state index contributed by atoms with van der Waals surface area (Å²) in [5, 5.41) is 22.6. The quantitative estimate of drug-likeness (QED) is 0.465. The first-order valence-corrected chi connectivity index (χ1v) is 8.64. The zero-order chi connectivity index (χ0) is 20.8. The summed E-state index contributed by atoms with van der Waals surface area (Å²) in [6, 6.07) is 13.8. The number of aromatic nitrogens is 1. The van der Waals surface area contributed by atoms with Crippen LogP contribution in [0.5, 0.6) is 0 Å². The highest BCUT2D eigenvalue weighted by Crippen LogP contribution is 2.23. The van der Waals surface area contributed by atoms with E-state index in [0.717, 1.165) is 11.3 Å². The number of carboxylic acid groups (broad SMARTS) is 1. The third-order valence-electron chi connectivity index (χ3n) is 4.02. The van der Waals surface area contributed by atoms with Crippen molar-refractivity contribution in [3.63, 3.8) is 0 Å². The number of hydrogen-bond acceptors (Lipinski definition) is 7.